The van der Waals surface area contributed by atoms with Gasteiger partial charge in [-0.3, -0.25) is 23.5 Å². The van der Waals surface area contributed by atoms with E-state index in [2.05, 4.69) is 10.5 Å². The number of amides is 1. The summed E-state index contributed by atoms with van der Waals surface area (Å²) in [7, 11) is 1.34. The van der Waals surface area contributed by atoms with Crippen molar-refractivity contribution >= 4 is 17.4 Å². The molecular formula is C23H29FN4O6. The molecule has 0 aliphatic rings. The largest absolute Gasteiger partial charge is 0.496 e. The molecule has 0 saturated carbocycles. The van der Waals surface area contributed by atoms with Crippen LogP contribution in [0.25, 0.3) is 0 Å². The Balaban J connectivity index is 2.51. The monoisotopic (exact) mass is 476 g/mol. The molecule has 0 atom stereocenters. The van der Waals surface area contributed by atoms with Gasteiger partial charge in [0.05, 0.1) is 30.5 Å². The predicted molar refractivity (Wildman–Crippen MR) is 124 cm³/mol. The first kappa shape index (κ1) is 26.5. The van der Waals surface area contributed by atoms with E-state index in [1.807, 2.05) is 0 Å². The van der Waals surface area contributed by atoms with Gasteiger partial charge < -0.3 is 14.9 Å². The molecule has 0 bridgehead atoms. The second-order valence-electron chi connectivity index (χ2n) is 7.72. The molecule has 1 N–H and O–H groups in total. The van der Waals surface area contributed by atoms with Gasteiger partial charge in [-0.1, -0.05) is 19.0 Å². The molecule has 0 aliphatic carbocycles. The Bertz CT molecular complexity index is 1200. The zero-order valence-corrected chi connectivity index (χ0v) is 19.9. The summed E-state index contributed by atoms with van der Waals surface area (Å²) >= 11 is 0. The minimum atomic E-state index is -0.763. The fourth-order valence-electron chi connectivity index (χ4n) is 3.06. The minimum Gasteiger partial charge on any atom is -0.496 e. The molecule has 11 heteroatoms. The fourth-order valence-corrected chi connectivity index (χ4v) is 3.06. The summed E-state index contributed by atoms with van der Waals surface area (Å²) < 4.78 is 20.8. The van der Waals surface area contributed by atoms with Crippen molar-refractivity contribution in [2.75, 3.05) is 20.3 Å². The van der Waals surface area contributed by atoms with Gasteiger partial charge in [0.25, 0.3) is 5.56 Å². The SMILES string of the molecule is CCON=C(C)c1cn(CC(=O)c2cc(F)ccc2OC)c(=O)n(CCNC(=O)C(C)C)c1=O. The molecule has 0 spiro atoms. The van der Waals surface area contributed by atoms with E-state index in [1.54, 1.807) is 20.8 Å². The van der Waals surface area contributed by atoms with Crippen LogP contribution in [0.2, 0.25) is 0 Å². The molecule has 0 unspecified atom stereocenters. The van der Waals surface area contributed by atoms with Crippen LogP contribution in [0.3, 0.4) is 0 Å². The van der Waals surface area contributed by atoms with Crippen LogP contribution in [-0.4, -0.2) is 46.8 Å². The quantitative estimate of drug-likeness (QED) is 0.299. The lowest BCUT2D eigenvalue weighted by molar-refractivity contribution is -0.124. The average Bonchev–Trinajstić information content (AvgIpc) is 2.80. The number of nitrogens with zero attached hydrogens (tertiary/aromatic N) is 3. The summed E-state index contributed by atoms with van der Waals surface area (Å²) in [5, 5.41) is 6.51. The van der Waals surface area contributed by atoms with Crippen molar-refractivity contribution in [2.24, 2.45) is 11.1 Å². The zero-order chi connectivity index (χ0) is 25.4. The maximum atomic E-state index is 13.7. The number of nitrogens with one attached hydrogen (secondary N) is 1. The second kappa shape index (κ2) is 11.9. The van der Waals surface area contributed by atoms with Crippen LogP contribution in [0, 0.1) is 11.7 Å². The first-order chi connectivity index (χ1) is 16.1. The van der Waals surface area contributed by atoms with Crippen molar-refractivity contribution in [3.63, 3.8) is 0 Å². The molecule has 1 heterocycles. The number of ether oxygens (including phenoxy) is 1. The molecule has 1 aromatic carbocycles. The number of hydrogen-bond acceptors (Lipinski definition) is 7. The summed E-state index contributed by atoms with van der Waals surface area (Å²) in [4.78, 5) is 55.9. The van der Waals surface area contributed by atoms with Crippen LogP contribution in [0.4, 0.5) is 4.39 Å². The van der Waals surface area contributed by atoms with Crippen molar-refractivity contribution in [1.82, 2.24) is 14.5 Å². The molecule has 2 aromatic rings. The number of benzene rings is 1. The van der Waals surface area contributed by atoms with Gasteiger partial charge in [0.15, 0.2) is 5.78 Å². The molecule has 1 aromatic heterocycles. The molecular weight excluding hydrogens is 447 g/mol. The Hall–Kier alpha value is -3.76. The van der Waals surface area contributed by atoms with Gasteiger partial charge in [0.1, 0.15) is 18.2 Å². The van der Waals surface area contributed by atoms with Gasteiger partial charge in [0.2, 0.25) is 5.91 Å². The smallest absolute Gasteiger partial charge is 0.331 e. The molecule has 0 saturated heterocycles. The lowest BCUT2D eigenvalue weighted by atomic mass is 10.1. The van der Waals surface area contributed by atoms with Gasteiger partial charge in [-0.25, -0.2) is 9.18 Å². The van der Waals surface area contributed by atoms with Crippen LogP contribution in [0.15, 0.2) is 39.1 Å². The fraction of sp³-hybridized carbons (Fsp3) is 0.435. The van der Waals surface area contributed by atoms with E-state index in [0.29, 0.717) is 0 Å². The minimum absolute atomic E-state index is 0.0307. The summed E-state index contributed by atoms with van der Waals surface area (Å²) in [6.45, 7) is 6.38. The van der Waals surface area contributed by atoms with Gasteiger partial charge in [-0.2, -0.15) is 0 Å². The van der Waals surface area contributed by atoms with Gasteiger partial charge in [0, 0.05) is 25.2 Å². The molecule has 0 fully saturated rings. The number of carbonyl (C=O) groups excluding carboxylic acids is 2. The normalized spacial score (nSPS) is 11.4. The van der Waals surface area contributed by atoms with Crippen molar-refractivity contribution < 1.29 is 23.6 Å². The highest BCUT2D eigenvalue weighted by atomic mass is 19.1. The molecule has 0 aliphatic heterocycles. The summed E-state index contributed by atoms with van der Waals surface area (Å²) in [6.07, 6.45) is 1.22. The second-order valence-corrected chi connectivity index (χ2v) is 7.72. The maximum Gasteiger partial charge on any atom is 0.331 e. The number of methoxy groups -OCH3 is 1. The number of hydrogen-bond donors (Lipinski definition) is 1. The van der Waals surface area contributed by atoms with E-state index in [9.17, 15) is 23.6 Å². The van der Waals surface area contributed by atoms with Crippen molar-refractivity contribution in [1.29, 1.82) is 0 Å². The van der Waals surface area contributed by atoms with Gasteiger partial charge in [-0.15, -0.1) is 0 Å². The lowest BCUT2D eigenvalue weighted by Gasteiger charge is -2.14. The highest BCUT2D eigenvalue weighted by Gasteiger charge is 2.19. The molecule has 34 heavy (non-hydrogen) atoms. The maximum absolute atomic E-state index is 13.7. The van der Waals surface area contributed by atoms with Gasteiger partial charge in [-0.05, 0) is 32.0 Å². The highest BCUT2D eigenvalue weighted by Crippen LogP contribution is 2.20. The van der Waals surface area contributed by atoms with Crippen LogP contribution in [-0.2, 0) is 22.7 Å². The Kier molecular flexibility index (Phi) is 9.28. The lowest BCUT2D eigenvalue weighted by Crippen LogP contribution is -2.45. The standard InChI is InChI=1S/C23H29FN4O6/c1-6-34-26-15(4)18-12-27(13-19(29)17-11-16(24)7-8-20(17)33-5)23(32)28(22(18)31)10-9-25-21(30)14(2)3/h7-8,11-12,14H,6,9-10,13H2,1-5H3,(H,25,30). The molecule has 0 radical (unpaired) electrons. The summed E-state index contributed by atoms with van der Waals surface area (Å²) in [5.74, 6) is -1.57. The van der Waals surface area contributed by atoms with E-state index >= 15 is 0 Å². The summed E-state index contributed by atoms with van der Waals surface area (Å²) in [6, 6.07) is 3.49. The highest BCUT2D eigenvalue weighted by molar-refractivity contribution is 5.99. The number of Topliss-reactive ketones (excluding diaryl/α,β-unsaturated/α-hetero) is 1. The van der Waals surface area contributed by atoms with Crippen LogP contribution >= 0.6 is 0 Å². The third kappa shape index (κ3) is 6.40. The van der Waals surface area contributed by atoms with Crippen LogP contribution in [0.5, 0.6) is 5.75 Å². The van der Waals surface area contributed by atoms with Crippen molar-refractivity contribution in [3.05, 3.63) is 62.2 Å². The average molecular weight is 477 g/mol. The van der Waals surface area contributed by atoms with E-state index in [1.165, 1.54) is 26.3 Å². The van der Waals surface area contributed by atoms with E-state index in [0.717, 1.165) is 21.3 Å². The first-order valence-electron chi connectivity index (χ1n) is 10.8. The number of rotatable bonds is 11. The Morgan fingerprint density at radius 2 is 1.91 bits per heavy atom. The first-order valence-corrected chi connectivity index (χ1v) is 10.8. The van der Waals surface area contributed by atoms with Crippen molar-refractivity contribution in [2.45, 2.75) is 40.8 Å². The Labute approximate surface area is 196 Å². The predicted octanol–water partition coefficient (Wildman–Crippen LogP) is 1.57. The Morgan fingerprint density at radius 3 is 2.53 bits per heavy atom. The third-order valence-corrected chi connectivity index (χ3v) is 4.89. The van der Waals surface area contributed by atoms with Crippen molar-refractivity contribution in [3.8, 4) is 5.75 Å². The molecule has 184 valence electrons. The zero-order valence-electron chi connectivity index (χ0n) is 19.9. The number of ketones is 1. The molecule has 2 rings (SSSR count). The number of carbonyl (C=O) groups is 2. The molecule has 1 amide bonds. The van der Waals surface area contributed by atoms with E-state index in [-0.39, 0.29) is 54.1 Å². The number of aromatic nitrogens is 2. The van der Waals surface area contributed by atoms with Crippen LogP contribution in [0.1, 0.15) is 43.6 Å². The Morgan fingerprint density at radius 1 is 1.21 bits per heavy atom. The molecule has 10 nitrogen and oxygen atoms in total. The number of halogens is 1. The van der Waals surface area contributed by atoms with E-state index in [4.69, 9.17) is 9.57 Å². The summed E-state index contributed by atoms with van der Waals surface area (Å²) in [5.41, 5.74) is -1.20. The van der Waals surface area contributed by atoms with Gasteiger partial charge >= 0.3 is 5.69 Å². The van der Waals surface area contributed by atoms with E-state index < -0.39 is 29.4 Å². The topological polar surface area (TPSA) is 121 Å². The van der Waals surface area contributed by atoms with Crippen LogP contribution < -0.4 is 21.3 Å². The third-order valence-electron chi connectivity index (χ3n) is 4.89. The number of oxime groups is 1.